The molecule has 4 heterocycles. The predicted octanol–water partition coefficient (Wildman–Crippen LogP) is 3.68. The van der Waals surface area contributed by atoms with Gasteiger partial charge in [-0.25, -0.2) is 4.98 Å². The molecule has 2 atom stereocenters. The van der Waals surface area contributed by atoms with Crippen LogP contribution >= 0.6 is 0 Å². The first-order valence-electron chi connectivity index (χ1n) is 10.6. The zero-order valence-electron chi connectivity index (χ0n) is 16.8. The summed E-state index contributed by atoms with van der Waals surface area (Å²) < 4.78 is 12.2. The maximum atomic E-state index is 12.6. The van der Waals surface area contributed by atoms with Crippen molar-refractivity contribution in [3.63, 3.8) is 0 Å². The van der Waals surface area contributed by atoms with Crippen LogP contribution in [-0.2, 0) is 0 Å². The van der Waals surface area contributed by atoms with Gasteiger partial charge in [0.15, 0.2) is 0 Å². The molecule has 4 aromatic heterocycles. The highest BCUT2D eigenvalue weighted by Gasteiger charge is 2.31. The Morgan fingerprint density at radius 3 is 2.71 bits per heavy atom. The van der Waals surface area contributed by atoms with Crippen molar-refractivity contribution in [2.45, 2.75) is 50.1 Å². The standard InChI is InChI=1S/C22H22N6O3/c29-21-17-8-10-30-18(17)7-9-28(21)16-5-6-19(23-12-16)24-14-3-4-15(11-14)25-22-26-20(31-27-22)13-1-2-13/h5-10,12-15H,1-4,11H2,(H,23,24)(H,25,27)/t14-,15-/m0/s1. The van der Waals surface area contributed by atoms with E-state index in [-0.39, 0.29) is 5.56 Å². The van der Waals surface area contributed by atoms with Crippen molar-refractivity contribution in [2.24, 2.45) is 0 Å². The Hall–Kier alpha value is -3.62. The molecule has 2 aliphatic rings. The lowest BCUT2D eigenvalue weighted by Gasteiger charge is -2.15. The van der Waals surface area contributed by atoms with E-state index in [0.29, 0.717) is 40.6 Å². The number of nitrogens with zero attached hydrogens (tertiary/aromatic N) is 4. The Balaban J connectivity index is 1.09. The zero-order chi connectivity index (χ0) is 20.8. The number of anilines is 2. The summed E-state index contributed by atoms with van der Waals surface area (Å²) in [7, 11) is 0. The van der Waals surface area contributed by atoms with E-state index in [9.17, 15) is 4.79 Å². The number of hydrogen-bond acceptors (Lipinski definition) is 8. The molecule has 0 aliphatic heterocycles. The van der Waals surface area contributed by atoms with Crippen LogP contribution in [0, 0.1) is 0 Å². The van der Waals surface area contributed by atoms with Gasteiger partial charge in [-0.3, -0.25) is 9.36 Å². The molecule has 31 heavy (non-hydrogen) atoms. The van der Waals surface area contributed by atoms with Gasteiger partial charge in [-0.05, 0) is 61.5 Å². The van der Waals surface area contributed by atoms with Gasteiger partial charge in [0.1, 0.15) is 11.4 Å². The third-order valence-corrected chi connectivity index (χ3v) is 6.03. The molecule has 9 nitrogen and oxygen atoms in total. The summed E-state index contributed by atoms with van der Waals surface area (Å²) in [5.74, 6) is 2.61. The maximum Gasteiger partial charge on any atom is 0.266 e. The summed E-state index contributed by atoms with van der Waals surface area (Å²) in [5, 5.41) is 11.5. The molecule has 2 aliphatic carbocycles. The van der Waals surface area contributed by atoms with E-state index in [2.05, 4.69) is 25.8 Å². The monoisotopic (exact) mass is 418 g/mol. The van der Waals surface area contributed by atoms with Crippen molar-refractivity contribution < 1.29 is 8.94 Å². The SMILES string of the molecule is O=c1c2ccoc2ccn1-c1ccc(N[C@H]2CC[C@H](Nc3noc(C4CC4)n3)C2)nc1. The fourth-order valence-corrected chi connectivity index (χ4v) is 4.21. The van der Waals surface area contributed by atoms with Gasteiger partial charge in [-0.2, -0.15) is 4.98 Å². The van der Waals surface area contributed by atoms with Crippen LogP contribution in [-0.4, -0.2) is 31.8 Å². The molecule has 6 rings (SSSR count). The van der Waals surface area contributed by atoms with Gasteiger partial charge >= 0.3 is 0 Å². The molecule has 158 valence electrons. The molecule has 0 amide bonds. The largest absolute Gasteiger partial charge is 0.464 e. The summed E-state index contributed by atoms with van der Waals surface area (Å²) in [5.41, 5.74) is 1.18. The number of hydrogen-bond donors (Lipinski definition) is 2. The summed E-state index contributed by atoms with van der Waals surface area (Å²) in [6, 6.07) is 7.89. The average molecular weight is 418 g/mol. The normalized spacial score (nSPS) is 20.9. The van der Waals surface area contributed by atoms with Gasteiger partial charge in [0.2, 0.25) is 5.89 Å². The average Bonchev–Trinajstić information content (AvgIpc) is 3.15. The van der Waals surface area contributed by atoms with Gasteiger partial charge in [0, 0.05) is 24.2 Å². The molecule has 0 radical (unpaired) electrons. The fourth-order valence-electron chi connectivity index (χ4n) is 4.21. The second kappa shape index (κ2) is 7.26. The molecule has 2 fully saturated rings. The van der Waals surface area contributed by atoms with Crippen molar-refractivity contribution in [1.82, 2.24) is 19.7 Å². The van der Waals surface area contributed by atoms with E-state index in [1.54, 1.807) is 29.1 Å². The molecule has 2 N–H and O–H groups in total. The minimum atomic E-state index is -0.121. The van der Waals surface area contributed by atoms with E-state index in [0.717, 1.165) is 43.8 Å². The second-order valence-corrected chi connectivity index (χ2v) is 8.32. The van der Waals surface area contributed by atoms with Crippen LogP contribution in [0.25, 0.3) is 16.7 Å². The lowest BCUT2D eigenvalue weighted by Crippen LogP contribution is -2.22. The van der Waals surface area contributed by atoms with Gasteiger partial charge in [-0.1, -0.05) is 0 Å². The summed E-state index contributed by atoms with van der Waals surface area (Å²) in [4.78, 5) is 21.6. The molecule has 4 aromatic rings. The van der Waals surface area contributed by atoms with E-state index in [1.807, 2.05) is 12.1 Å². The quantitative estimate of drug-likeness (QED) is 0.488. The maximum absolute atomic E-state index is 12.6. The third kappa shape index (κ3) is 3.56. The van der Waals surface area contributed by atoms with Crippen molar-refractivity contribution in [2.75, 3.05) is 10.6 Å². The van der Waals surface area contributed by atoms with Crippen LogP contribution in [0.2, 0.25) is 0 Å². The minimum absolute atomic E-state index is 0.121. The number of aromatic nitrogens is 4. The van der Waals surface area contributed by atoms with E-state index < -0.39 is 0 Å². The van der Waals surface area contributed by atoms with E-state index in [1.165, 1.54) is 6.26 Å². The van der Waals surface area contributed by atoms with Crippen molar-refractivity contribution in [3.05, 3.63) is 59.2 Å². The molecule has 0 unspecified atom stereocenters. The van der Waals surface area contributed by atoms with Crippen molar-refractivity contribution >= 4 is 22.7 Å². The molecule has 2 saturated carbocycles. The van der Waals surface area contributed by atoms with Gasteiger partial charge < -0.3 is 19.6 Å². The Labute approximate surface area is 177 Å². The van der Waals surface area contributed by atoms with Gasteiger partial charge in [0.05, 0.1) is 23.5 Å². The van der Waals surface area contributed by atoms with Crippen LogP contribution in [0.3, 0.4) is 0 Å². The van der Waals surface area contributed by atoms with Crippen molar-refractivity contribution in [3.8, 4) is 5.69 Å². The van der Waals surface area contributed by atoms with Crippen molar-refractivity contribution in [1.29, 1.82) is 0 Å². The molecule has 0 bridgehead atoms. The van der Waals surface area contributed by atoms with E-state index >= 15 is 0 Å². The summed E-state index contributed by atoms with van der Waals surface area (Å²) >= 11 is 0. The van der Waals surface area contributed by atoms with Crippen LogP contribution in [0.1, 0.15) is 43.9 Å². The summed E-state index contributed by atoms with van der Waals surface area (Å²) in [6.07, 6.45) is 10.2. The lowest BCUT2D eigenvalue weighted by atomic mass is 10.2. The van der Waals surface area contributed by atoms with Crippen LogP contribution in [0.4, 0.5) is 11.8 Å². The number of rotatable bonds is 6. The number of fused-ring (bicyclic) bond motifs is 1. The highest BCUT2D eigenvalue weighted by Crippen LogP contribution is 2.39. The number of nitrogens with one attached hydrogen (secondary N) is 2. The topological polar surface area (TPSA) is 111 Å². The summed E-state index contributed by atoms with van der Waals surface area (Å²) in [6.45, 7) is 0. The first-order chi connectivity index (χ1) is 15.2. The molecule has 9 heteroatoms. The van der Waals surface area contributed by atoms with Gasteiger partial charge in [-0.15, -0.1) is 0 Å². The molecular weight excluding hydrogens is 396 g/mol. The zero-order valence-corrected chi connectivity index (χ0v) is 16.8. The van der Waals surface area contributed by atoms with Crippen LogP contribution in [0.15, 0.2) is 56.7 Å². The Morgan fingerprint density at radius 1 is 1.03 bits per heavy atom. The molecule has 0 aromatic carbocycles. The van der Waals surface area contributed by atoms with Crippen LogP contribution in [0.5, 0.6) is 0 Å². The highest BCUT2D eigenvalue weighted by molar-refractivity contribution is 5.75. The Kier molecular flexibility index (Phi) is 4.26. The first-order valence-corrected chi connectivity index (χ1v) is 10.6. The van der Waals surface area contributed by atoms with Gasteiger partial charge in [0.25, 0.3) is 11.5 Å². The second-order valence-electron chi connectivity index (χ2n) is 8.32. The number of pyridine rings is 2. The Morgan fingerprint density at radius 2 is 1.90 bits per heavy atom. The lowest BCUT2D eigenvalue weighted by molar-refractivity contribution is 0.379. The number of furan rings is 1. The highest BCUT2D eigenvalue weighted by atomic mass is 16.5. The minimum Gasteiger partial charge on any atom is -0.464 e. The molecule has 0 spiro atoms. The third-order valence-electron chi connectivity index (χ3n) is 6.03. The molecular formula is C22H22N6O3. The van der Waals surface area contributed by atoms with E-state index in [4.69, 9.17) is 8.94 Å². The fraction of sp³-hybridized carbons (Fsp3) is 0.364. The molecule has 0 saturated heterocycles. The predicted molar refractivity (Wildman–Crippen MR) is 115 cm³/mol. The smallest absolute Gasteiger partial charge is 0.266 e. The Bertz CT molecular complexity index is 1270. The first kappa shape index (κ1) is 18.2. The van der Waals surface area contributed by atoms with Crippen LogP contribution < -0.4 is 16.2 Å².